The van der Waals surface area contributed by atoms with Gasteiger partial charge in [0.15, 0.2) is 0 Å². The van der Waals surface area contributed by atoms with E-state index in [0.717, 1.165) is 11.3 Å². The molecule has 0 saturated carbocycles. The van der Waals surface area contributed by atoms with Gasteiger partial charge in [0.2, 0.25) is 10.0 Å². The zero-order chi connectivity index (χ0) is 16.5. The fourth-order valence-electron chi connectivity index (χ4n) is 1.44. The van der Waals surface area contributed by atoms with Crippen LogP contribution in [0.3, 0.4) is 0 Å². The van der Waals surface area contributed by atoms with Gasteiger partial charge in [-0.25, -0.2) is 17.8 Å². The second kappa shape index (κ2) is 6.32. The number of hydrogen-bond donors (Lipinski definition) is 1. The summed E-state index contributed by atoms with van der Waals surface area (Å²) in [6, 6.07) is 7.63. The summed E-state index contributed by atoms with van der Waals surface area (Å²) in [5, 5.41) is 4.96. The smallest absolute Gasteiger partial charge is 0.248 e. The van der Waals surface area contributed by atoms with Gasteiger partial charge in [-0.15, -0.1) is 11.3 Å². The van der Waals surface area contributed by atoms with Crippen LogP contribution >= 0.6 is 23.1 Å². The van der Waals surface area contributed by atoms with Crippen LogP contribution in [0.5, 0.6) is 0 Å². The zero-order valence-electron chi connectivity index (χ0n) is 10.5. The lowest BCUT2D eigenvalue weighted by molar-refractivity contribution is -0.0328. The van der Waals surface area contributed by atoms with Gasteiger partial charge in [-0.2, -0.15) is 13.2 Å². The summed E-state index contributed by atoms with van der Waals surface area (Å²) in [6.07, 6.45) is 0. The molecular weight excluding hydrogens is 379 g/mol. The van der Waals surface area contributed by atoms with Crippen LogP contribution in [0.2, 0.25) is 0 Å². The molecule has 1 heterocycles. The van der Waals surface area contributed by atoms with Crippen molar-refractivity contribution in [1.82, 2.24) is 0 Å². The van der Waals surface area contributed by atoms with E-state index in [4.69, 9.17) is 5.14 Å². The van der Waals surface area contributed by atoms with E-state index in [1.54, 1.807) is 0 Å². The predicted molar refractivity (Wildman–Crippen MR) is 78.7 cm³/mol. The standard InChI is InChI=1S/C11H8F3NO3S4/c12-11(13,14)20-7-1-3-8(4-2-7)21(16)9-5-6-10(19-9)22(15,17)18/h1-6H,(H2,15,17,18)/t21-/m0/s1. The fourth-order valence-corrected chi connectivity index (χ4v) is 5.26. The number of thiophene rings is 1. The molecule has 1 aromatic carbocycles. The molecule has 0 radical (unpaired) electrons. The Labute approximate surface area is 135 Å². The highest BCUT2D eigenvalue weighted by Gasteiger charge is 2.29. The molecule has 0 unspecified atom stereocenters. The molecule has 0 fully saturated rings. The van der Waals surface area contributed by atoms with Crippen molar-refractivity contribution in [3.8, 4) is 0 Å². The quantitative estimate of drug-likeness (QED) is 0.818. The van der Waals surface area contributed by atoms with Crippen molar-refractivity contribution in [3.63, 3.8) is 0 Å². The number of rotatable bonds is 4. The highest BCUT2D eigenvalue weighted by atomic mass is 32.3. The van der Waals surface area contributed by atoms with E-state index >= 15 is 0 Å². The van der Waals surface area contributed by atoms with E-state index in [0.29, 0.717) is 0 Å². The lowest BCUT2D eigenvalue weighted by Gasteiger charge is -2.06. The molecule has 0 amide bonds. The molecule has 22 heavy (non-hydrogen) atoms. The molecule has 0 spiro atoms. The number of alkyl halides is 3. The zero-order valence-corrected chi connectivity index (χ0v) is 13.8. The van der Waals surface area contributed by atoms with Crippen LogP contribution in [-0.2, 0) is 20.8 Å². The maximum absolute atomic E-state index is 12.2. The van der Waals surface area contributed by atoms with Crippen molar-refractivity contribution in [3.05, 3.63) is 36.4 Å². The summed E-state index contributed by atoms with van der Waals surface area (Å²) in [6.45, 7) is 0. The van der Waals surface area contributed by atoms with Gasteiger partial charge in [0, 0.05) is 9.79 Å². The number of halogens is 3. The van der Waals surface area contributed by atoms with E-state index in [1.807, 2.05) is 0 Å². The minimum absolute atomic E-state index is 0.0235. The van der Waals surface area contributed by atoms with Gasteiger partial charge in [-0.3, -0.25) is 0 Å². The van der Waals surface area contributed by atoms with Crippen molar-refractivity contribution < 1.29 is 25.8 Å². The third kappa shape index (κ3) is 4.56. The van der Waals surface area contributed by atoms with Crippen LogP contribution < -0.4 is 5.14 Å². The summed E-state index contributed by atoms with van der Waals surface area (Å²) >= 11 is 0.491. The summed E-state index contributed by atoms with van der Waals surface area (Å²) in [4.78, 5) is 0.249. The van der Waals surface area contributed by atoms with Crippen molar-refractivity contribution in [2.75, 3.05) is 0 Å². The van der Waals surface area contributed by atoms with Gasteiger partial charge >= 0.3 is 5.51 Å². The van der Waals surface area contributed by atoms with Crippen LogP contribution in [0, 0.1) is 0 Å². The first kappa shape index (κ1) is 17.5. The van der Waals surface area contributed by atoms with E-state index in [2.05, 4.69) is 0 Å². The SMILES string of the molecule is NS(=O)(=O)c1ccc([S@@](=O)c2ccc(SC(F)(F)F)cc2)s1. The fraction of sp³-hybridized carbons (Fsp3) is 0.0909. The second-order valence-corrected chi connectivity index (χ2v) is 9.62. The first-order valence-electron chi connectivity index (χ1n) is 5.46. The van der Waals surface area contributed by atoms with Crippen LogP contribution in [0.25, 0.3) is 0 Å². The Balaban J connectivity index is 2.21. The minimum atomic E-state index is -4.39. The van der Waals surface area contributed by atoms with Crippen LogP contribution in [-0.4, -0.2) is 18.1 Å². The average Bonchev–Trinajstić information content (AvgIpc) is 2.86. The molecule has 0 aliphatic rings. The van der Waals surface area contributed by atoms with E-state index < -0.39 is 26.3 Å². The van der Waals surface area contributed by atoms with Crippen molar-refractivity contribution in [2.45, 2.75) is 23.7 Å². The lowest BCUT2D eigenvalue weighted by atomic mass is 10.4. The van der Waals surface area contributed by atoms with E-state index in [9.17, 15) is 25.8 Å². The van der Waals surface area contributed by atoms with Gasteiger partial charge in [0.05, 0.1) is 15.0 Å². The number of benzene rings is 1. The first-order chi connectivity index (χ1) is 10.1. The predicted octanol–water partition coefficient (Wildman–Crippen LogP) is 3.17. The first-order valence-corrected chi connectivity index (χ1v) is 9.79. The molecule has 0 bridgehead atoms. The summed E-state index contributed by atoms with van der Waals surface area (Å²) in [7, 11) is -5.55. The Morgan fingerprint density at radius 1 is 1.09 bits per heavy atom. The molecule has 0 aliphatic heterocycles. The molecule has 2 N–H and O–H groups in total. The Morgan fingerprint density at radius 2 is 1.68 bits per heavy atom. The van der Waals surface area contributed by atoms with E-state index in [-0.39, 0.29) is 30.0 Å². The Morgan fingerprint density at radius 3 is 2.14 bits per heavy atom. The molecule has 0 aliphatic carbocycles. The Bertz CT molecular complexity index is 797. The summed E-state index contributed by atoms with van der Waals surface area (Å²) in [5.41, 5.74) is -4.39. The van der Waals surface area contributed by atoms with Crippen molar-refractivity contribution in [2.24, 2.45) is 5.14 Å². The highest BCUT2D eigenvalue weighted by Crippen LogP contribution is 2.37. The third-order valence-electron chi connectivity index (χ3n) is 2.29. The summed E-state index contributed by atoms with van der Waals surface area (Å²) < 4.78 is 71.3. The molecule has 1 aromatic heterocycles. The maximum Gasteiger partial charge on any atom is 0.446 e. The lowest BCUT2D eigenvalue weighted by Crippen LogP contribution is -2.09. The van der Waals surface area contributed by atoms with Crippen LogP contribution in [0.1, 0.15) is 0 Å². The average molecular weight is 387 g/mol. The normalized spacial score (nSPS) is 14.0. The van der Waals surface area contributed by atoms with E-state index in [1.165, 1.54) is 36.4 Å². The molecule has 120 valence electrons. The van der Waals surface area contributed by atoms with Gasteiger partial charge in [0.25, 0.3) is 0 Å². The van der Waals surface area contributed by atoms with Crippen LogP contribution in [0.4, 0.5) is 13.2 Å². The molecule has 0 saturated heterocycles. The van der Waals surface area contributed by atoms with Gasteiger partial charge in [0.1, 0.15) is 4.21 Å². The molecule has 4 nitrogen and oxygen atoms in total. The number of nitrogens with two attached hydrogens (primary N) is 1. The highest BCUT2D eigenvalue weighted by molar-refractivity contribution is 8.00. The van der Waals surface area contributed by atoms with Gasteiger partial charge in [-0.1, -0.05) is 0 Å². The number of sulfonamides is 1. The molecule has 1 atom stereocenters. The molecule has 2 rings (SSSR count). The summed E-state index contributed by atoms with van der Waals surface area (Å²) in [5.74, 6) is 0. The number of primary sulfonamides is 1. The molecular formula is C11H8F3NO3S4. The van der Waals surface area contributed by atoms with Gasteiger partial charge < -0.3 is 0 Å². The molecule has 2 aromatic rings. The maximum atomic E-state index is 12.2. The topological polar surface area (TPSA) is 77.2 Å². The molecule has 11 heteroatoms. The van der Waals surface area contributed by atoms with Gasteiger partial charge in [-0.05, 0) is 48.2 Å². The second-order valence-electron chi connectivity index (χ2n) is 3.91. The number of thioether (sulfide) groups is 1. The van der Waals surface area contributed by atoms with Crippen molar-refractivity contribution >= 4 is 43.9 Å². The minimum Gasteiger partial charge on any atom is -0.248 e. The number of hydrogen-bond acceptors (Lipinski definition) is 5. The monoisotopic (exact) mass is 387 g/mol. The Hall–Kier alpha value is -0.880. The third-order valence-corrected chi connectivity index (χ3v) is 7.25. The van der Waals surface area contributed by atoms with Crippen LogP contribution in [0.15, 0.2) is 54.6 Å². The van der Waals surface area contributed by atoms with Crippen molar-refractivity contribution in [1.29, 1.82) is 0 Å². The Kier molecular flexibility index (Phi) is 5.02. The largest absolute Gasteiger partial charge is 0.446 e.